The summed E-state index contributed by atoms with van der Waals surface area (Å²) in [5.74, 6) is 1.19. The van der Waals surface area contributed by atoms with Crippen molar-refractivity contribution in [2.45, 2.75) is 63.8 Å². The molecule has 2 heteroatoms. The molecule has 0 bridgehead atoms. The van der Waals surface area contributed by atoms with Gasteiger partial charge in [-0.15, -0.1) is 11.8 Å². The fraction of sp³-hybridized carbons (Fsp3) is 0.647. The maximum atomic E-state index is 3.53. The van der Waals surface area contributed by atoms with Gasteiger partial charge in [0.15, 0.2) is 0 Å². The minimum atomic E-state index is 0.252. The molecule has 1 aromatic carbocycles. The molecule has 1 unspecified atom stereocenters. The second-order valence-electron chi connectivity index (χ2n) is 6.27. The Morgan fingerprint density at radius 1 is 1.16 bits per heavy atom. The third-order valence-electron chi connectivity index (χ3n) is 3.28. The summed E-state index contributed by atoms with van der Waals surface area (Å²) < 4.78 is 0. The van der Waals surface area contributed by atoms with Crippen LogP contribution in [0.4, 0.5) is 0 Å². The van der Waals surface area contributed by atoms with Gasteiger partial charge in [-0.25, -0.2) is 0 Å². The average Bonchev–Trinajstić information content (AvgIpc) is 2.36. The second-order valence-corrected chi connectivity index (χ2v) is 7.44. The first-order valence-corrected chi connectivity index (χ1v) is 8.38. The molecule has 0 aliphatic carbocycles. The van der Waals surface area contributed by atoms with E-state index in [1.54, 1.807) is 0 Å². The van der Waals surface area contributed by atoms with Gasteiger partial charge in [0.05, 0.1) is 0 Å². The Morgan fingerprint density at radius 2 is 1.79 bits per heavy atom. The Hall–Kier alpha value is -0.470. The predicted molar refractivity (Wildman–Crippen MR) is 88.2 cm³/mol. The average molecular weight is 279 g/mol. The quantitative estimate of drug-likeness (QED) is 0.716. The van der Waals surface area contributed by atoms with Crippen LogP contribution in [0.5, 0.6) is 0 Å². The lowest BCUT2D eigenvalue weighted by Crippen LogP contribution is -2.27. The SMILES string of the molecule is CCCNC(C)CCSc1ccc(C(C)(C)C)cc1. The first-order chi connectivity index (χ1) is 8.93. The van der Waals surface area contributed by atoms with Gasteiger partial charge in [-0.1, -0.05) is 39.8 Å². The first-order valence-electron chi connectivity index (χ1n) is 7.40. The third-order valence-corrected chi connectivity index (χ3v) is 4.33. The largest absolute Gasteiger partial charge is 0.314 e. The van der Waals surface area contributed by atoms with E-state index in [-0.39, 0.29) is 5.41 Å². The molecule has 0 amide bonds. The number of rotatable bonds is 7. The van der Waals surface area contributed by atoms with E-state index >= 15 is 0 Å². The molecule has 19 heavy (non-hydrogen) atoms. The fourth-order valence-corrected chi connectivity index (χ4v) is 2.93. The van der Waals surface area contributed by atoms with Gasteiger partial charge < -0.3 is 5.32 Å². The topological polar surface area (TPSA) is 12.0 Å². The number of nitrogens with one attached hydrogen (secondary N) is 1. The van der Waals surface area contributed by atoms with Crippen LogP contribution < -0.4 is 5.32 Å². The zero-order chi connectivity index (χ0) is 14.3. The van der Waals surface area contributed by atoms with Crippen molar-refractivity contribution >= 4 is 11.8 Å². The van der Waals surface area contributed by atoms with E-state index in [9.17, 15) is 0 Å². The molecule has 0 fully saturated rings. The maximum Gasteiger partial charge on any atom is 0.00721 e. The van der Waals surface area contributed by atoms with Crippen molar-refractivity contribution in [3.63, 3.8) is 0 Å². The van der Waals surface area contributed by atoms with Gasteiger partial charge in [0.25, 0.3) is 0 Å². The van der Waals surface area contributed by atoms with Gasteiger partial charge in [0, 0.05) is 10.9 Å². The molecule has 0 aliphatic rings. The highest BCUT2D eigenvalue weighted by atomic mass is 32.2. The highest BCUT2D eigenvalue weighted by Crippen LogP contribution is 2.26. The molecule has 1 aromatic rings. The normalized spacial score (nSPS) is 13.5. The number of hydrogen-bond acceptors (Lipinski definition) is 2. The molecular weight excluding hydrogens is 250 g/mol. The Kier molecular flexibility index (Phi) is 6.95. The molecule has 0 aliphatic heterocycles. The van der Waals surface area contributed by atoms with Crippen molar-refractivity contribution in [1.29, 1.82) is 0 Å². The van der Waals surface area contributed by atoms with Crippen LogP contribution >= 0.6 is 11.8 Å². The van der Waals surface area contributed by atoms with Gasteiger partial charge in [0.2, 0.25) is 0 Å². The van der Waals surface area contributed by atoms with Crippen LogP contribution in [-0.2, 0) is 5.41 Å². The molecule has 1 N–H and O–H groups in total. The van der Waals surface area contributed by atoms with Crippen molar-refractivity contribution in [1.82, 2.24) is 5.32 Å². The van der Waals surface area contributed by atoms with E-state index in [4.69, 9.17) is 0 Å². The predicted octanol–water partition coefficient (Wildman–Crippen LogP) is 4.85. The number of benzene rings is 1. The summed E-state index contributed by atoms with van der Waals surface area (Å²) >= 11 is 1.96. The number of thioether (sulfide) groups is 1. The van der Waals surface area contributed by atoms with Crippen molar-refractivity contribution in [3.05, 3.63) is 29.8 Å². The monoisotopic (exact) mass is 279 g/mol. The fourth-order valence-electron chi connectivity index (χ4n) is 1.90. The van der Waals surface area contributed by atoms with Gasteiger partial charge in [-0.2, -0.15) is 0 Å². The van der Waals surface area contributed by atoms with E-state index in [0.29, 0.717) is 6.04 Å². The van der Waals surface area contributed by atoms with Crippen LogP contribution in [-0.4, -0.2) is 18.3 Å². The summed E-state index contributed by atoms with van der Waals surface area (Å²) in [5.41, 5.74) is 1.66. The molecule has 0 aromatic heterocycles. The summed E-state index contributed by atoms with van der Waals surface area (Å²) in [4.78, 5) is 1.38. The van der Waals surface area contributed by atoms with E-state index in [1.165, 1.54) is 29.1 Å². The van der Waals surface area contributed by atoms with Crippen LogP contribution in [0.15, 0.2) is 29.2 Å². The van der Waals surface area contributed by atoms with Crippen molar-refractivity contribution in [3.8, 4) is 0 Å². The minimum Gasteiger partial charge on any atom is -0.314 e. The Labute approximate surface area is 123 Å². The highest BCUT2D eigenvalue weighted by Gasteiger charge is 2.12. The van der Waals surface area contributed by atoms with E-state index < -0.39 is 0 Å². The summed E-state index contributed by atoms with van der Waals surface area (Å²) in [6.07, 6.45) is 2.44. The first kappa shape index (κ1) is 16.6. The maximum absolute atomic E-state index is 3.53. The summed E-state index contributed by atoms with van der Waals surface area (Å²) in [6, 6.07) is 9.67. The smallest absolute Gasteiger partial charge is 0.00721 e. The van der Waals surface area contributed by atoms with Gasteiger partial charge >= 0.3 is 0 Å². The summed E-state index contributed by atoms with van der Waals surface area (Å²) in [7, 11) is 0. The Balaban J connectivity index is 2.34. The lowest BCUT2D eigenvalue weighted by atomic mass is 9.87. The van der Waals surface area contributed by atoms with Gasteiger partial charge in [-0.3, -0.25) is 0 Å². The molecular formula is C17H29NS. The van der Waals surface area contributed by atoms with E-state index in [1.807, 2.05) is 11.8 Å². The van der Waals surface area contributed by atoms with E-state index in [0.717, 1.165) is 6.54 Å². The Bertz CT molecular complexity index is 351. The molecule has 1 rings (SSSR count). The number of hydrogen-bond donors (Lipinski definition) is 1. The standard InChI is InChI=1S/C17H29NS/c1-6-12-18-14(2)11-13-19-16-9-7-15(8-10-16)17(3,4)5/h7-10,14,18H,6,11-13H2,1-5H3. The second kappa shape index (κ2) is 7.96. The zero-order valence-electron chi connectivity index (χ0n) is 13.1. The molecule has 0 radical (unpaired) electrons. The van der Waals surface area contributed by atoms with E-state index in [2.05, 4.69) is 64.2 Å². The van der Waals surface area contributed by atoms with Crippen molar-refractivity contribution in [2.75, 3.05) is 12.3 Å². The summed E-state index contributed by atoms with van der Waals surface area (Å²) in [5, 5.41) is 3.53. The molecule has 1 nitrogen and oxygen atoms in total. The lowest BCUT2D eigenvalue weighted by molar-refractivity contribution is 0.536. The van der Waals surface area contributed by atoms with Crippen LogP contribution in [0, 0.1) is 0 Å². The molecule has 108 valence electrons. The minimum absolute atomic E-state index is 0.252. The van der Waals surface area contributed by atoms with Gasteiger partial charge in [-0.05, 0) is 55.2 Å². The Morgan fingerprint density at radius 3 is 2.32 bits per heavy atom. The molecule has 0 spiro atoms. The van der Waals surface area contributed by atoms with Crippen molar-refractivity contribution in [2.24, 2.45) is 0 Å². The molecule has 1 atom stereocenters. The highest BCUT2D eigenvalue weighted by molar-refractivity contribution is 7.99. The molecule has 0 saturated carbocycles. The molecule has 0 heterocycles. The van der Waals surface area contributed by atoms with Gasteiger partial charge in [0.1, 0.15) is 0 Å². The van der Waals surface area contributed by atoms with Crippen LogP contribution in [0.25, 0.3) is 0 Å². The zero-order valence-corrected chi connectivity index (χ0v) is 13.9. The molecule has 0 saturated heterocycles. The van der Waals surface area contributed by atoms with Crippen molar-refractivity contribution < 1.29 is 0 Å². The lowest BCUT2D eigenvalue weighted by Gasteiger charge is -2.19. The summed E-state index contributed by atoms with van der Waals surface area (Å²) in [6.45, 7) is 12.4. The van der Waals surface area contributed by atoms with Crippen LogP contribution in [0.1, 0.15) is 53.0 Å². The van der Waals surface area contributed by atoms with Crippen LogP contribution in [0.3, 0.4) is 0 Å². The third kappa shape index (κ3) is 6.49. The van der Waals surface area contributed by atoms with Crippen LogP contribution in [0.2, 0.25) is 0 Å².